The first-order chi connectivity index (χ1) is 30.0. The molecule has 0 saturated carbocycles. The fourth-order valence-corrected chi connectivity index (χ4v) is 8.68. The van der Waals surface area contributed by atoms with Gasteiger partial charge in [0.15, 0.2) is 0 Å². The number of hydrogen-bond acceptors (Lipinski definition) is 7. The zero-order chi connectivity index (χ0) is 43.8. The van der Waals surface area contributed by atoms with Gasteiger partial charge in [0.2, 0.25) is 23.6 Å². The van der Waals surface area contributed by atoms with E-state index in [2.05, 4.69) is 15.5 Å². The van der Waals surface area contributed by atoms with Crippen LogP contribution in [-0.2, 0) is 32.3 Å². The van der Waals surface area contributed by atoms with Crippen LogP contribution in [0, 0.1) is 5.82 Å². The number of likely N-dealkylation sites (tertiary alicyclic amines) is 2. The van der Waals surface area contributed by atoms with Crippen molar-refractivity contribution in [2.24, 2.45) is 0 Å². The van der Waals surface area contributed by atoms with Gasteiger partial charge in [0, 0.05) is 43.2 Å². The van der Waals surface area contributed by atoms with E-state index >= 15 is 0 Å². The van der Waals surface area contributed by atoms with E-state index in [-0.39, 0.29) is 29.4 Å². The van der Waals surface area contributed by atoms with Crippen LogP contribution in [0.4, 0.5) is 21.5 Å². The largest absolute Gasteiger partial charge is 0.363 e. The van der Waals surface area contributed by atoms with Gasteiger partial charge in [0.1, 0.15) is 30.0 Å². The van der Waals surface area contributed by atoms with Crippen LogP contribution in [0.3, 0.4) is 0 Å². The molecule has 2 fully saturated rings. The van der Waals surface area contributed by atoms with E-state index < -0.39 is 24.2 Å². The topological polar surface area (TPSA) is 109 Å². The average Bonchev–Trinajstić information content (AvgIpc) is 3.98. The van der Waals surface area contributed by atoms with Crippen LogP contribution >= 0.6 is 0 Å². The van der Waals surface area contributed by atoms with Crippen molar-refractivity contribution in [3.8, 4) is 0 Å². The van der Waals surface area contributed by atoms with Crippen LogP contribution in [0.15, 0.2) is 133 Å². The second kappa shape index (κ2) is 20.0. The molecule has 0 unspecified atom stereocenters. The number of anilines is 3. The Balaban J connectivity index is 0.983. The molecule has 4 amide bonds. The van der Waals surface area contributed by atoms with E-state index in [9.17, 15) is 23.6 Å². The van der Waals surface area contributed by atoms with Gasteiger partial charge >= 0.3 is 0 Å². The number of halogens is 1. The highest BCUT2D eigenvalue weighted by atomic mass is 19.1. The Hall–Kier alpha value is -6.37. The van der Waals surface area contributed by atoms with Crippen molar-refractivity contribution in [2.75, 3.05) is 56.8 Å². The minimum atomic E-state index is -0.565. The van der Waals surface area contributed by atoms with E-state index in [1.807, 2.05) is 147 Å². The van der Waals surface area contributed by atoms with Gasteiger partial charge in [0.05, 0.1) is 0 Å². The maximum absolute atomic E-state index is 14.0. The van der Waals surface area contributed by atoms with E-state index in [4.69, 9.17) is 0 Å². The third-order valence-corrected chi connectivity index (χ3v) is 11.8. The van der Waals surface area contributed by atoms with Crippen LogP contribution in [0.1, 0.15) is 60.0 Å². The quantitative estimate of drug-likeness (QED) is 0.113. The van der Waals surface area contributed by atoms with Crippen molar-refractivity contribution >= 4 is 40.7 Å². The van der Waals surface area contributed by atoms with Crippen LogP contribution in [0.25, 0.3) is 0 Å². The highest BCUT2D eigenvalue weighted by Gasteiger charge is 2.40. The number of carbonyl (C=O) groups is 4. The number of nitrogens with zero attached hydrogens (tertiary/aromatic N) is 5. The fraction of sp³-hybridized carbons (Fsp3) is 0.320. The molecule has 2 heterocycles. The molecular formula is C50H56FN7O4. The average molecular weight is 838 g/mol. The summed E-state index contributed by atoms with van der Waals surface area (Å²) < 4.78 is 14.0. The fourth-order valence-electron chi connectivity index (χ4n) is 8.68. The highest BCUT2D eigenvalue weighted by Crippen LogP contribution is 2.30. The summed E-state index contributed by atoms with van der Waals surface area (Å²) in [7, 11) is 7.51. The van der Waals surface area contributed by atoms with Crippen molar-refractivity contribution < 1.29 is 23.6 Å². The Bertz CT molecular complexity index is 2150. The summed E-state index contributed by atoms with van der Waals surface area (Å²) in [6, 6.07) is 38.8. The molecule has 0 aromatic heterocycles. The van der Waals surface area contributed by atoms with Crippen molar-refractivity contribution in [3.63, 3.8) is 0 Å². The van der Waals surface area contributed by atoms with E-state index in [0.29, 0.717) is 50.4 Å². The summed E-state index contributed by atoms with van der Waals surface area (Å²) in [5.41, 5.74) is 5.83. The Morgan fingerprint density at radius 3 is 1.32 bits per heavy atom. The first-order valence-electron chi connectivity index (χ1n) is 21.3. The molecule has 0 bridgehead atoms. The van der Waals surface area contributed by atoms with Crippen molar-refractivity contribution in [1.29, 1.82) is 0 Å². The van der Waals surface area contributed by atoms with Crippen molar-refractivity contribution in [2.45, 2.75) is 62.9 Å². The lowest BCUT2D eigenvalue weighted by Gasteiger charge is -2.31. The van der Waals surface area contributed by atoms with E-state index in [1.54, 1.807) is 21.9 Å². The first kappa shape index (κ1) is 43.7. The molecule has 2 aliphatic rings. The number of hydrogen-bond donors (Lipinski definition) is 2. The van der Waals surface area contributed by atoms with Gasteiger partial charge in [-0.25, -0.2) is 4.39 Å². The van der Waals surface area contributed by atoms with Gasteiger partial charge in [-0.3, -0.25) is 29.0 Å². The minimum absolute atomic E-state index is 0.0869. The number of likely N-dealkylation sites (N-methyl/N-ethyl adjacent to an activating group) is 2. The molecular weight excluding hydrogens is 782 g/mol. The molecule has 0 radical (unpaired) electrons. The summed E-state index contributed by atoms with van der Waals surface area (Å²) in [6.07, 6.45) is 2.69. The van der Waals surface area contributed by atoms with Crippen molar-refractivity contribution in [1.82, 2.24) is 19.6 Å². The van der Waals surface area contributed by atoms with Gasteiger partial charge in [0.25, 0.3) is 0 Å². The van der Waals surface area contributed by atoms with E-state index in [0.717, 1.165) is 40.8 Å². The summed E-state index contributed by atoms with van der Waals surface area (Å²) in [5.74, 6) is -0.922. The number of carbonyl (C=O) groups excluding carboxylic acids is 4. The number of amides is 4. The maximum atomic E-state index is 14.0. The SMILES string of the molecule is CN(C)[C@@H](C(=O)N1CCC[C@H]1C(=O)Nc1ccc(CN(Cc2ccc(NC(=O)[C@@H]3CCCN3C(=O)[C@@H](c3ccccc3)N(C)C)cc2)c2ccc(F)cc2)cc1)c1ccccc1. The van der Waals surface area contributed by atoms with Gasteiger partial charge in [-0.15, -0.1) is 0 Å². The molecule has 0 spiro atoms. The molecule has 7 rings (SSSR count). The molecule has 5 aromatic carbocycles. The smallest absolute Gasteiger partial charge is 0.247 e. The first-order valence-corrected chi connectivity index (χ1v) is 21.3. The molecule has 5 aromatic rings. The molecule has 0 aliphatic carbocycles. The number of rotatable bonds is 15. The molecule has 2 aliphatic heterocycles. The third-order valence-electron chi connectivity index (χ3n) is 11.8. The lowest BCUT2D eigenvalue weighted by atomic mass is 10.0. The summed E-state index contributed by atoms with van der Waals surface area (Å²) in [4.78, 5) is 64.2. The van der Waals surface area contributed by atoms with E-state index in [1.165, 1.54) is 12.1 Å². The summed E-state index contributed by atoms with van der Waals surface area (Å²) in [5, 5.41) is 6.08. The third kappa shape index (κ3) is 10.4. The van der Waals surface area contributed by atoms with Gasteiger partial charge in [-0.05, 0) is 125 Å². The zero-order valence-corrected chi connectivity index (χ0v) is 35.9. The Kier molecular flexibility index (Phi) is 14.1. The van der Waals surface area contributed by atoms with Crippen LogP contribution < -0.4 is 15.5 Å². The standard InChI is InChI=1S/C50H56FN7O4/c1-54(2)45(37-13-7-5-8-14-37)49(61)57-31-11-17-43(57)47(59)52-40-25-19-35(20-26-40)33-56(42-29-23-39(51)24-30-42)34-36-21-27-41(28-22-36)53-48(60)44-18-12-32-58(44)50(62)46(55(3)4)38-15-9-6-10-16-38/h5-10,13-16,19-30,43-46H,11-12,17-18,31-34H2,1-4H3,(H,52,59)(H,53,60)/t43-,44-,45+,46+/m0/s1. The van der Waals surface area contributed by atoms with Crippen molar-refractivity contribution in [3.05, 3.63) is 162 Å². The molecule has 4 atom stereocenters. The Morgan fingerprint density at radius 2 is 0.952 bits per heavy atom. The number of benzene rings is 5. The predicted octanol–water partition coefficient (Wildman–Crippen LogP) is 7.50. The lowest BCUT2D eigenvalue weighted by molar-refractivity contribution is -0.141. The highest BCUT2D eigenvalue weighted by molar-refractivity contribution is 5.99. The predicted molar refractivity (Wildman–Crippen MR) is 242 cm³/mol. The monoisotopic (exact) mass is 837 g/mol. The maximum Gasteiger partial charge on any atom is 0.247 e. The molecule has 11 nitrogen and oxygen atoms in total. The van der Waals surface area contributed by atoms with Gasteiger partial charge < -0.3 is 25.3 Å². The molecule has 12 heteroatoms. The summed E-state index contributed by atoms with van der Waals surface area (Å²) >= 11 is 0. The Morgan fingerprint density at radius 1 is 0.565 bits per heavy atom. The molecule has 2 saturated heterocycles. The van der Waals surface area contributed by atoms with Crippen LogP contribution in [0.5, 0.6) is 0 Å². The molecule has 322 valence electrons. The molecule has 2 N–H and O–H groups in total. The second-order valence-corrected chi connectivity index (χ2v) is 16.6. The Labute approximate surface area is 364 Å². The number of nitrogens with one attached hydrogen (secondary N) is 2. The van der Waals surface area contributed by atoms with Crippen LogP contribution in [-0.4, -0.2) is 96.6 Å². The normalized spacial score (nSPS) is 17.2. The second-order valence-electron chi connectivity index (χ2n) is 16.6. The van der Waals surface area contributed by atoms with Gasteiger partial charge in [-0.1, -0.05) is 84.9 Å². The summed E-state index contributed by atoms with van der Waals surface area (Å²) in [6.45, 7) is 2.05. The zero-order valence-electron chi connectivity index (χ0n) is 35.9. The lowest BCUT2D eigenvalue weighted by Crippen LogP contribution is -2.47. The molecule has 62 heavy (non-hydrogen) atoms. The van der Waals surface area contributed by atoms with Gasteiger partial charge in [-0.2, -0.15) is 0 Å². The minimum Gasteiger partial charge on any atom is -0.363 e. The van der Waals surface area contributed by atoms with Crippen LogP contribution in [0.2, 0.25) is 0 Å².